The fraction of sp³-hybridized carbons (Fsp3) is 0.400. The highest BCUT2D eigenvalue weighted by Crippen LogP contribution is 2.20. The van der Waals surface area contributed by atoms with Crippen LogP contribution in [0.2, 0.25) is 0 Å². The molecule has 4 N–H and O–H groups in total. The fourth-order valence-electron chi connectivity index (χ4n) is 2.55. The standard InChI is InChI=1S/C15H20N4OS/c16-12-3-1-2-11-10-13(18-14(11)12)15(20)17-4-5-19-6-8-21-9-7-19/h1-3,10,18H,4-9,16H2,(H,17,20). The molecule has 1 aliphatic rings. The summed E-state index contributed by atoms with van der Waals surface area (Å²) in [4.78, 5) is 17.6. The van der Waals surface area contributed by atoms with Gasteiger partial charge in [-0.25, -0.2) is 0 Å². The number of nitrogens with one attached hydrogen (secondary N) is 2. The second kappa shape index (κ2) is 6.41. The molecule has 0 bridgehead atoms. The summed E-state index contributed by atoms with van der Waals surface area (Å²) in [5.74, 6) is 2.31. The number of aromatic nitrogens is 1. The lowest BCUT2D eigenvalue weighted by atomic mass is 10.2. The summed E-state index contributed by atoms with van der Waals surface area (Å²) in [5.41, 5.74) is 7.96. The van der Waals surface area contributed by atoms with E-state index in [9.17, 15) is 4.79 Å². The highest BCUT2D eigenvalue weighted by atomic mass is 32.2. The number of aromatic amines is 1. The third-order valence-electron chi connectivity index (χ3n) is 3.75. The Morgan fingerprint density at radius 1 is 1.38 bits per heavy atom. The normalized spacial score (nSPS) is 16.2. The lowest BCUT2D eigenvalue weighted by molar-refractivity contribution is 0.0945. The van der Waals surface area contributed by atoms with Gasteiger partial charge in [0.2, 0.25) is 0 Å². The van der Waals surface area contributed by atoms with Crippen LogP contribution >= 0.6 is 11.8 Å². The lowest BCUT2D eigenvalue weighted by Crippen LogP contribution is -2.39. The van der Waals surface area contributed by atoms with E-state index in [4.69, 9.17) is 5.73 Å². The summed E-state index contributed by atoms with van der Waals surface area (Å²) < 4.78 is 0. The number of hydrogen-bond acceptors (Lipinski definition) is 4. The average molecular weight is 304 g/mol. The number of rotatable bonds is 4. The molecule has 1 aromatic carbocycles. The van der Waals surface area contributed by atoms with E-state index in [1.54, 1.807) is 0 Å². The van der Waals surface area contributed by atoms with Gasteiger partial charge in [-0.05, 0) is 12.1 Å². The molecule has 2 heterocycles. The van der Waals surface area contributed by atoms with Crippen LogP contribution in [0.4, 0.5) is 5.69 Å². The Labute approximate surface area is 128 Å². The molecule has 2 aromatic rings. The Morgan fingerprint density at radius 2 is 2.19 bits per heavy atom. The minimum Gasteiger partial charge on any atom is -0.397 e. The van der Waals surface area contributed by atoms with Crippen molar-refractivity contribution in [2.24, 2.45) is 0 Å². The highest BCUT2D eigenvalue weighted by molar-refractivity contribution is 7.99. The van der Waals surface area contributed by atoms with Gasteiger partial charge in [0.25, 0.3) is 5.91 Å². The monoisotopic (exact) mass is 304 g/mol. The van der Waals surface area contributed by atoms with Crippen molar-refractivity contribution < 1.29 is 4.79 Å². The molecule has 1 aliphatic heterocycles. The number of para-hydroxylation sites is 1. The molecule has 0 spiro atoms. The SMILES string of the molecule is Nc1cccc2cc(C(=O)NCCN3CCSCC3)[nH]c12. The first-order valence-electron chi connectivity index (χ1n) is 7.19. The summed E-state index contributed by atoms with van der Waals surface area (Å²) in [5, 5.41) is 3.93. The van der Waals surface area contributed by atoms with E-state index >= 15 is 0 Å². The van der Waals surface area contributed by atoms with Crippen LogP contribution in [0.25, 0.3) is 10.9 Å². The number of amides is 1. The van der Waals surface area contributed by atoms with Gasteiger partial charge < -0.3 is 16.0 Å². The Morgan fingerprint density at radius 3 is 2.95 bits per heavy atom. The van der Waals surface area contributed by atoms with Crippen molar-refractivity contribution >= 4 is 34.3 Å². The molecular formula is C15H20N4OS. The summed E-state index contributed by atoms with van der Waals surface area (Å²) >= 11 is 1.99. The Bertz CT molecular complexity index is 634. The predicted octanol–water partition coefficient (Wildman–Crippen LogP) is 1.53. The van der Waals surface area contributed by atoms with Crippen molar-refractivity contribution in [2.45, 2.75) is 0 Å². The van der Waals surface area contributed by atoms with Crippen molar-refractivity contribution in [3.05, 3.63) is 30.0 Å². The van der Waals surface area contributed by atoms with Gasteiger partial charge in [-0.3, -0.25) is 9.69 Å². The molecule has 6 heteroatoms. The number of nitrogens with two attached hydrogens (primary N) is 1. The maximum atomic E-state index is 12.2. The number of H-pyrrole nitrogens is 1. The summed E-state index contributed by atoms with van der Waals surface area (Å²) in [6.07, 6.45) is 0. The number of carbonyl (C=O) groups is 1. The van der Waals surface area contributed by atoms with Gasteiger partial charge in [0.05, 0.1) is 11.2 Å². The van der Waals surface area contributed by atoms with E-state index in [1.807, 2.05) is 36.0 Å². The molecule has 3 rings (SSSR count). The van der Waals surface area contributed by atoms with Crippen LogP contribution in [0.3, 0.4) is 0 Å². The van der Waals surface area contributed by atoms with Gasteiger partial charge in [0.1, 0.15) is 5.69 Å². The van der Waals surface area contributed by atoms with E-state index in [0.29, 0.717) is 17.9 Å². The van der Waals surface area contributed by atoms with Gasteiger partial charge in [-0.2, -0.15) is 11.8 Å². The Kier molecular flexibility index (Phi) is 4.36. The molecular weight excluding hydrogens is 284 g/mol. The van der Waals surface area contributed by atoms with Crippen LogP contribution in [0.5, 0.6) is 0 Å². The van der Waals surface area contributed by atoms with Gasteiger partial charge in [-0.1, -0.05) is 12.1 Å². The first-order valence-corrected chi connectivity index (χ1v) is 8.35. The van der Waals surface area contributed by atoms with E-state index in [2.05, 4.69) is 15.2 Å². The lowest BCUT2D eigenvalue weighted by Gasteiger charge is -2.25. The molecule has 0 saturated carbocycles. The maximum absolute atomic E-state index is 12.2. The molecule has 5 nitrogen and oxygen atoms in total. The highest BCUT2D eigenvalue weighted by Gasteiger charge is 2.12. The van der Waals surface area contributed by atoms with Crippen LogP contribution < -0.4 is 11.1 Å². The average Bonchev–Trinajstić information content (AvgIpc) is 2.94. The molecule has 0 atom stereocenters. The number of anilines is 1. The van der Waals surface area contributed by atoms with Gasteiger partial charge in [0.15, 0.2) is 0 Å². The molecule has 1 amide bonds. The number of thioether (sulfide) groups is 1. The number of benzene rings is 1. The summed E-state index contributed by atoms with van der Waals surface area (Å²) in [6.45, 7) is 3.82. The van der Waals surface area contributed by atoms with Gasteiger partial charge in [-0.15, -0.1) is 0 Å². The smallest absolute Gasteiger partial charge is 0.267 e. The third kappa shape index (κ3) is 3.33. The Balaban J connectivity index is 1.57. The van der Waals surface area contributed by atoms with E-state index in [-0.39, 0.29) is 5.91 Å². The fourth-order valence-corrected chi connectivity index (χ4v) is 3.53. The first-order chi connectivity index (χ1) is 10.2. The van der Waals surface area contributed by atoms with Crippen molar-refractivity contribution in [3.8, 4) is 0 Å². The van der Waals surface area contributed by atoms with Crippen LogP contribution in [-0.2, 0) is 0 Å². The Hall–Kier alpha value is -1.66. The van der Waals surface area contributed by atoms with E-state index in [0.717, 1.165) is 30.5 Å². The molecule has 0 unspecified atom stereocenters. The van der Waals surface area contributed by atoms with Crippen LogP contribution in [0, 0.1) is 0 Å². The molecule has 1 saturated heterocycles. The molecule has 0 aliphatic carbocycles. The number of hydrogen-bond donors (Lipinski definition) is 3. The maximum Gasteiger partial charge on any atom is 0.267 e. The quantitative estimate of drug-likeness (QED) is 0.749. The third-order valence-corrected chi connectivity index (χ3v) is 4.69. The van der Waals surface area contributed by atoms with Crippen LogP contribution in [-0.4, -0.2) is 53.5 Å². The summed E-state index contributed by atoms with van der Waals surface area (Å²) in [6, 6.07) is 7.51. The number of fused-ring (bicyclic) bond motifs is 1. The molecule has 1 fully saturated rings. The minimum absolute atomic E-state index is 0.0722. The van der Waals surface area contributed by atoms with E-state index in [1.165, 1.54) is 11.5 Å². The number of nitrogen functional groups attached to an aromatic ring is 1. The van der Waals surface area contributed by atoms with Gasteiger partial charge in [0, 0.05) is 43.1 Å². The molecule has 112 valence electrons. The zero-order valence-corrected chi connectivity index (χ0v) is 12.7. The van der Waals surface area contributed by atoms with Gasteiger partial charge >= 0.3 is 0 Å². The van der Waals surface area contributed by atoms with Crippen molar-refractivity contribution in [1.82, 2.24) is 15.2 Å². The van der Waals surface area contributed by atoms with Crippen molar-refractivity contribution in [3.63, 3.8) is 0 Å². The predicted molar refractivity (Wildman–Crippen MR) is 88.8 cm³/mol. The first kappa shape index (κ1) is 14.3. The second-order valence-corrected chi connectivity index (χ2v) is 6.43. The molecule has 1 aromatic heterocycles. The van der Waals surface area contributed by atoms with Crippen LogP contribution in [0.1, 0.15) is 10.5 Å². The number of carbonyl (C=O) groups excluding carboxylic acids is 1. The zero-order chi connectivity index (χ0) is 14.7. The van der Waals surface area contributed by atoms with Crippen molar-refractivity contribution in [1.29, 1.82) is 0 Å². The zero-order valence-electron chi connectivity index (χ0n) is 11.9. The number of nitrogens with zero attached hydrogens (tertiary/aromatic N) is 1. The van der Waals surface area contributed by atoms with E-state index < -0.39 is 0 Å². The van der Waals surface area contributed by atoms with Crippen LogP contribution in [0.15, 0.2) is 24.3 Å². The molecule has 21 heavy (non-hydrogen) atoms. The minimum atomic E-state index is -0.0722. The topological polar surface area (TPSA) is 74.2 Å². The largest absolute Gasteiger partial charge is 0.397 e. The summed E-state index contributed by atoms with van der Waals surface area (Å²) in [7, 11) is 0. The van der Waals surface area contributed by atoms with Crippen molar-refractivity contribution in [2.75, 3.05) is 43.4 Å². The second-order valence-electron chi connectivity index (χ2n) is 5.20. The molecule has 0 radical (unpaired) electrons.